The van der Waals surface area contributed by atoms with Crippen LogP contribution in [0.25, 0.3) is 11.2 Å². The van der Waals surface area contributed by atoms with E-state index in [1.54, 1.807) is 0 Å². The summed E-state index contributed by atoms with van der Waals surface area (Å²) in [5, 5.41) is 72.1. The van der Waals surface area contributed by atoms with Crippen LogP contribution in [0, 0.1) is 0 Å². The molecule has 1 aliphatic carbocycles. The van der Waals surface area contributed by atoms with E-state index in [1.165, 1.54) is 17.2 Å². The van der Waals surface area contributed by atoms with Crippen LogP contribution in [0.2, 0.25) is 0 Å². The van der Waals surface area contributed by atoms with Gasteiger partial charge in [-0.3, -0.25) is 4.57 Å². The predicted molar refractivity (Wildman–Crippen MR) is 280 cm³/mol. The molecule has 4 heterocycles. The number of anilines is 1. The summed E-state index contributed by atoms with van der Waals surface area (Å²) in [4.78, 5) is 12.4. The van der Waals surface area contributed by atoms with Crippen molar-refractivity contribution in [1.82, 2.24) is 40.8 Å². The zero-order chi connectivity index (χ0) is 51.9. The molecule has 9 rings (SSSR count). The minimum absolute atomic E-state index is 0.0810. The lowest BCUT2D eigenvalue weighted by Gasteiger charge is -2.49. The first-order chi connectivity index (χ1) is 36.7. The van der Waals surface area contributed by atoms with Crippen LogP contribution in [-0.2, 0) is 49.9 Å². The van der Waals surface area contributed by atoms with Crippen LogP contribution in [0.15, 0.2) is 134 Å². The van der Waals surface area contributed by atoms with Gasteiger partial charge in [0.25, 0.3) is 0 Å². The van der Waals surface area contributed by atoms with Crippen LogP contribution < -0.4 is 27.0 Å². The number of unbranched alkanes of at least 4 members (excludes halogenated alkanes) is 3. The number of rotatable bonds is 26. The summed E-state index contributed by atoms with van der Waals surface area (Å²) in [6.07, 6.45) is -4.84. The first kappa shape index (κ1) is 54.5. The maximum Gasteiger partial charge on any atom is 0.176 e. The Balaban J connectivity index is 0.850. The molecule has 1 saturated carbocycles. The second-order valence-corrected chi connectivity index (χ2v) is 19.8. The van der Waals surface area contributed by atoms with Gasteiger partial charge in [0.1, 0.15) is 60.7 Å². The third-order valence-corrected chi connectivity index (χ3v) is 14.5. The summed E-state index contributed by atoms with van der Waals surface area (Å²) in [6, 6.07) is 38.4. The molecule has 0 unspecified atom stereocenters. The average molecular weight is 1030 g/mol. The minimum atomic E-state index is -1.30. The molecule has 19 heteroatoms. The molecule has 4 aromatic carbocycles. The number of nitrogens with zero attached hydrogens (tertiary/aromatic N) is 4. The van der Waals surface area contributed by atoms with E-state index in [9.17, 15) is 25.5 Å². The van der Waals surface area contributed by atoms with Crippen LogP contribution in [0.4, 0.5) is 5.82 Å². The number of aliphatic hydroxyl groups excluding tert-OH is 5. The molecule has 6 aromatic rings. The van der Waals surface area contributed by atoms with E-state index in [2.05, 4.69) is 36.2 Å². The number of fused-ring (bicyclic) bond motifs is 1. The van der Waals surface area contributed by atoms with Crippen LogP contribution >= 0.6 is 0 Å². The van der Waals surface area contributed by atoms with E-state index in [0.29, 0.717) is 63.4 Å². The highest BCUT2D eigenvalue weighted by Gasteiger charge is 2.51. The van der Waals surface area contributed by atoms with Gasteiger partial charge in [-0.15, -0.1) is 0 Å². The van der Waals surface area contributed by atoms with E-state index in [0.717, 1.165) is 41.5 Å². The predicted octanol–water partition coefficient (Wildman–Crippen LogP) is 2.85. The molecule has 14 atom stereocenters. The van der Waals surface area contributed by atoms with E-state index >= 15 is 0 Å². The number of aromatic nitrogens is 4. The molecule has 2 aliphatic heterocycles. The molecule has 19 nitrogen and oxygen atoms in total. The van der Waals surface area contributed by atoms with Crippen molar-refractivity contribution in [1.29, 1.82) is 0 Å². The second kappa shape index (κ2) is 27.1. The number of aliphatic hydroxyl groups is 5. The molecule has 0 bridgehead atoms. The maximum atomic E-state index is 12.2. The second-order valence-electron chi connectivity index (χ2n) is 19.8. The summed E-state index contributed by atoms with van der Waals surface area (Å²) in [5.74, 6) is 0.205. The Labute approximate surface area is 437 Å². The smallest absolute Gasteiger partial charge is 0.176 e. The Morgan fingerprint density at radius 2 is 1.16 bits per heavy atom. The van der Waals surface area contributed by atoms with E-state index < -0.39 is 85.6 Å². The molecular formula is C56H73N9O10. The van der Waals surface area contributed by atoms with E-state index in [4.69, 9.17) is 29.4 Å². The molecule has 3 aliphatic rings. The molecule has 0 spiro atoms. The number of nitrogens with two attached hydrogens (primary N) is 1. The van der Waals surface area contributed by atoms with Crippen molar-refractivity contribution in [3.8, 4) is 0 Å². The quantitative estimate of drug-likeness (QED) is 0.0350. The molecule has 75 heavy (non-hydrogen) atoms. The summed E-state index contributed by atoms with van der Waals surface area (Å²) in [6.45, 7) is 3.10. The number of benzene rings is 4. The molecule has 2 aromatic heterocycles. The van der Waals surface area contributed by atoms with Gasteiger partial charge >= 0.3 is 0 Å². The van der Waals surface area contributed by atoms with Crippen molar-refractivity contribution in [2.75, 3.05) is 32.1 Å². The highest BCUT2D eigenvalue weighted by Crippen LogP contribution is 2.34. The third kappa shape index (κ3) is 14.2. The SMILES string of the molecule is Nc1ncnc2c1ncn2[C@@H]1O[C@H](COCCCCCCO[C@H]2[C@H](O)[C@@H](CNCc3ccccc3)O[C@H](O[C@@H]3[C@@H](O)[C@H](O)[C@@H](NCc4ccccc4)C[C@H]3NCc3ccccc3)[C@@H]2NCc2ccccc2)[C@@H](O)[C@H]1O. The van der Waals surface area contributed by atoms with Crippen LogP contribution in [-0.4, -0.2) is 151 Å². The maximum absolute atomic E-state index is 12.2. The summed E-state index contributed by atoms with van der Waals surface area (Å²) >= 11 is 0. The molecular weight excluding hydrogens is 959 g/mol. The first-order valence-corrected chi connectivity index (χ1v) is 26.3. The highest BCUT2D eigenvalue weighted by molar-refractivity contribution is 5.81. The summed E-state index contributed by atoms with van der Waals surface area (Å²) in [7, 11) is 0. The molecule has 11 N–H and O–H groups in total. The number of ether oxygens (including phenoxy) is 5. The van der Waals surface area contributed by atoms with E-state index in [1.807, 2.05) is 121 Å². The third-order valence-electron chi connectivity index (χ3n) is 14.5. The fourth-order valence-electron chi connectivity index (χ4n) is 10.3. The molecule has 0 radical (unpaired) electrons. The van der Waals surface area contributed by atoms with Gasteiger partial charge in [-0.1, -0.05) is 134 Å². The lowest BCUT2D eigenvalue weighted by atomic mass is 9.83. The monoisotopic (exact) mass is 1030 g/mol. The summed E-state index contributed by atoms with van der Waals surface area (Å²) in [5.41, 5.74) is 10.9. The normalized spacial score (nSPS) is 29.0. The van der Waals surface area contributed by atoms with Crippen LogP contribution in [0.3, 0.4) is 0 Å². The Morgan fingerprint density at radius 1 is 0.573 bits per heavy atom. The van der Waals surface area contributed by atoms with Crippen LogP contribution in [0.5, 0.6) is 0 Å². The van der Waals surface area contributed by atoms with Gasteiger partial charge in [-0.2, -0.15) is 0 Å². The largest absolute Gasteiger partial charge is 0.389 e. The zero-order valence-corrected chi connectivity index (χ0v) is 42.1. The number of nitrogens with one attached hydrogen (secondary N) is 4. The number of hydrogen-bond acceptors (Lipinski definition) is 18. The van der Waals surface area contributed by atoms with E-state index in [-0.39, 0.29) is 19.0 Å². The summed E-state index contributed by atoms with van der Waals surface area (Å²) < 4.78 is 34.0. The Kier molecular flexibility index (Phi) is 19.7. The number of imidazole rings is 1. The van der Waals surface area contributed by atoms with Gasteiger partial charge in [0.2, 0.25) is 0 Å². The molecule has 2 saturated heterocycles. The zero-order valence-electron chi connectivity index (χ0n) is 42.1. The van der Waals surface area contributed by atoms with Crippen molar-refractivity contribution in [2.24, 2.45) is 0 Å². The number of hydrogen-bond donors (Lipinski definition) is 10. The van der Waals surface area contributed by atoms with Gasteiger partial charge in [-0.25, -0.2) is 15.0 Å². The van der Waals surface area contributed by atoms with Crippen LogP contribution in [0.1, 0.15) is 60.6 Å². The molecule has 402 valence electrons. The Morgan fingerprint density at radius 3 is 1.80 bits per heavy atom. The lowest BCUT2D eigenvalue weighted by Crippen LogP contribution is -2.69. The topological polar surface area (TPSA) is 265 Å². The van der Waals surface area contributed by atoms with Gasteiger partial charge in [0.05, 0.1) is 25.1 Å². The first-order valence-electron chi connectivity index (χ1n) is 26.3. The van der Waals surface area contributed by atoms with Gasteiger partial charge < -0.3 is 76.2 Å². The lowest BCUT2D eigenvalue weighted by molar-refractivity contribution is -0.300. The average Bonchev–Trinajstić information content (AvgIpc) is 4.00. The van der Waals surface area contributed by atoms with Crippen molar-refractivity contribution in [3.05, 3.63) is 156 Å². The standard InChI is InChI=1S/C56H73N9O10/c57-53-45-54(63-34-62-53)65(35-64-45)55-50(70)47(67)43(73-55)33-71-25-15-1-2-16-26-72-52-44(61-31-39-23-13-6-14-24-39)56(74-42(48(52)68)32-58-28-36-17-7-3-8-18-36)75-51-41(60-30-38-21-11-5-12-22-38)27-40(46(66)49(51)69)59-29-37-19-9-4-10-20-37/h3-14,17-24,34-35,40-44,46-52,55-56,58-61,66-70H,1-2,15-16,25-33H2,(H2,57,62,63)/t40-,41+,42+,43+,44+,46+,47+,48+,49-,50+,51-,52+,55+,56+/m0/s1. The van der Waals surface area contributed by atoms with Crippen molar-refractivity contribution < 1.29 is 49.2 Å². The fraction of sp³-hybridized carbons (Fsp3) is 0.482. The minimum Gasteiger partial charge on any atom is -0.389 e. The van der Waals surface area contributed by atoms with Gasteiger partial charge in [0, 0.05) is 58.0 Å². The van der Waals surface area contributed by atoms with Crippen molar-refractivity contribution in [3.63, 3.8) is 0 Å². The highest BCUT2D eigenvalue weighted by atomic mass is 16.7. The van der Waals surface area contributed by atoms with Crippen molar-refractivity contribution >= 4 is 17.0 Å². The molecule has 3 fully saturated rings. The Hall–Kier alpha value is -5.33. The Bertz CT molecular complexity index is 2590. The molecule has 0 amide bonds. The van der Waals surface area contributed by atoms with Gasteiger partial charge in [0.15, 0.2) is 24.0 Å². The number of nitrogen functional groups attached to an aromatic ring is 1. The van der Waals surface area contributed by atoms with Gasteiger partial charge in [-0.05, 0) is 41.5 Å². The van der Waals surface area contributed by atoms with Crippen molar-refractivity contribution in [2.45, 2.75) is 144 Å². The fourth-order valence-corrected chi connectivity index (χ4v) is 10.3.